The third kappa shape index (κ3) is 6.39. The molecule has 0 aliphatic carbocycles. The summed E-state index contributed by atoms with van der Waals surface area (Å²) in [5.74, 6) is 0.778. The average molecular weight is 324 g/mol. The molecule has 9 heteroatoms. The topological polar surface area (TPSA) is 110 Å². The number of rotatable bonds is 6. The largest absolute Gasteiger partial charge is 0.383 e. The van der Waals surface area contributed by atoms with Gasteiger partial charge in [-0.3, -0.25) is 0 Å². The van der Waals surface area contributed by atoms with Crippen molar-refractivity contribution >= 4 is 37.7 Å². The molecule has 0 aliphatic rings. The summed E-state index contributed by atoms with van der Waals surface area (Å²) in [7, 11) is -3.12. The number of hydrogen-bond donors (Lipinski definition) is 3. The van der Waals surface area contributed by atoms with E-state index < -0.39 is 10.0 Å². The van der Waals surface area contributed by atoms with E-state index in [4.69, 9.17) is 5.73 Å². The van der Waals surface area contributed by atoms with Gasteiger partial charge in [0.25, 0.3) is 0 Å². The molecule has 0 saturated heterocycles. The molecule has 0 amide bonds. The fraction of sp³-hybridized carbons (Fsp3) is 0.500. The van der Waals surface area contributed by atoms with E-state index in [1.54, 1.807) is 6.07 Å². The number of nitrogens with one attached hydrogen (secondary N) is 2. The lowest BCUT2D eigenvalue weighted by Crippen LogP contribution is -2.24. The zero-order valence-electron chi connectivity index (χ0n) is 9.27. The Bertz CT molecular complexity index is 459. The molecule has 0 atom stereocenters. The number of nitrogens with two attached hydrogens (primary N) is 1. The second kappa shape index (κ2) is 6.12. The van der Waals surface area contributed by atoms with Crippen LogP contribution >= 0.6 is 15.9 Å². The summed E-state index contributed by atoms with van der Waals surface area (Å²) in [6.07, 6.45) is 1.75. The van der Waals surface area contributed by atoms with Crippen LogP contribution in [0, 0.1) is 0 Å². The maximum absolute atomic E-state index is 10.8. The van der Waals surface area contributed by atoms with Crippen LogP contribution in [0.3, 0.4) is 0 Å². The summed E-state index contributed by atoms with van der Waals surface area (Å²) in [5.41, 5.74) is 5.53. The van der Waals surface area contributed by atoms with E-state index in [1.807, 2.05) is 0 Å². The summed E-state index contributed by atoms with van der Waals surface area (Å²) in [4.78, 5) is 8.02. The molecule has 0 fully saturated rings. The molecule has 96 valence electrons. The van der Waals surface area contributed by atoms with E-state index in [0.717, 1.165) is 6.26 Å². The van der Waals surface area contributed by atoms with Crippen molar-refractivity contribution in [1.29, 1.82) is 0 Å². The lowest BCUT2D eigenvalue weighted by Gasteiger charge is -2.06. The highest BCUT2D eigenvalue weighted by atomic mass is 79.9. The number of sulfonamides is 1. The van der Waals surface area contributed by atoms with Crippen molar-refractivity contribution in [3.63, 3.8) is 0 Å². The first kappa shape index (κ1) is 14.1. The van der Waals surface area contributed by atoms with Crippen LogP contribution < -0.4 is 15.8 Å². The molecule has 4 N–H and O–H groups in total. The van der Waals surface area contributed by atoms with Gasteiger partial charge in [0, 0.05) is 19.2 Å². The Hall–Kier alpha value is -0.930. The van der Waals surface area contributed by atoms with Crippen LogP contribution in [0.25, 0.3) is 0 Å². The highest BCUT2D eigenvalue weighted by molar-refractivity contribution is 9.10. The minimum atomic E-state index is -3.12. The first-order valence-electron chi connectivity index (χ1n) is 4.85. The highest BCUT2D eigenvalue weighted by Gasteiger charge is 2.01. The molecule has 0 aliphatic heterocycles. The fourth-order valence-electron chi connectivity index (χ4n) is 1.06. The monoisotopic (exact) mass is 323 g/mol. The smallest absolute Gasteiger partial charge is 0.225 e. The predicted octanol–water partition coefficient (Wildman–Crippen LogP) is 0.172. The molecule has 1 heterocycles. The van der Waals surface area contributed by atoms with Gasteiger partial charge >= 0.3 is 0 Å². The second-order valence-corrected chi connectivity index (χ2v) is 6.03. The Morgan fingerprint density at radius 3 is 2.71 bits per heavy atom. The van der Waals surface area contributed by atoms with Crippen molar-refractivity contribution in [2.24, 2.45) is 0 Å². The Morgan fingerprint density at radius 2 is 2.12 bits per heavy atom. The summed E-state index contributed by atoms with van der Waals surface area (Å²) in [6, 6.07) is 1.59. The summed E-state index contributed by atoms with van der Waals surface area (Å²) >= 11 is 3.20. The van der Waals surface area contributed by atoms with Crippen LogP contribution in [0.2, 0.25) is 0 Å². The molecule has 0 bridgehead atoms. The van der Waals surface area contributed by atoms with Crippen LogP contribution in [0.4, 0.5) is 11.8 Å². The molecule has 1 rings (SSSR count). The van der Waals surface area contributed by atoms with Crippen molar-refractivity contribution in [3.05, 3.63) is 10.7 Å². The molecule has 0 spiro atoms. The van der Waals surface area contributed by atoms with E-state index in [-0.39, 0.29) is 0 Å². The number of hydrogen-bond acceptors (Lipinski definition) is 6. The zero-order chi connectivity index (χ0) is 12.9. The normalized spacial score (nSPS) is 11.4. The molecular weight excluding hydrogens is 310 g/mol. The van der Waals surface area contributed by atoms with Gasteiger partial charge < -0.3 is 11.1 Å². The van der Waals surface area contributed by atoms with Gasteiger partial charge in [0.15, 0.2) is 0 Å². The molecule has 0 unspecified atom stereocenters. The van der Waals surface area contributed by atoms with Gasteiger partial charge in [-0.25, -0.2) is 18.1 Å². The molecular formula is C8H14BrN5O2S. The Kier molecular flexibility index (Phi) is 5.09. The van der Waals surface area contributed by atoms with E-state index in [9.17, 15) is 8.42 Å². The number of nitrogens with zero attached hydrogens (tertiary/aromatic N) is 2. The van der Waals surface area contributed by atoms with Crippen molar-refractivity contribution in [1.82, 2.24) is 14.7 Å². The predicted molar refractivity (Wildman–Crippen MR) is 70.1 cm³/mol. The van der Waals surface area contributed by atoms with Crippen LogP contribution in [-0.4, -0.2) is 37.7 Å². The molecule has 1 aromatic heterocycles. The summed E-state index contributed by atoms with van der Waals surface area (Å²) in [5, 5.41) is 2.95. The minimum Gasteiger partial charge on any atom is -0.383 e. The van der Waals surface area contributed by atoms with Crippen LogP contribution in [0.1, 0.15) is 6.42 Å². The van der Waals surface area contributed by atoms with Gasteiger partial charge in [-0.05, 0) is 22.4 Å². The fourth-order valence-corrected chi connectivity index (χ4v) is 1.98. The van der Waals surface area contributed by atoms with Gasteiger partial charge in [0.2, 0.25) is 16.0 Å². The molecule has 1 aromatic rings. The molecule has 0 radical (unpaired) electrons. The standard InChI is InChI=1S/C8H14BrN5O2S/c1-17(15,16)12-4-2-3-11-8-13-6(9)5-7(10)14-8/h5,12H,2-4H2,1H3,(H3,10,11,13,14). The van der Waals surface area contributed by atoms with Crippen molar-refractivity contribution in [2.75, 3.05) is 30.4 Å². The SMILES string of the molecule is CS(=O)(=O)NCCCNc1nc(N)cc(Br)n1. The van der Waals surface area contributed by atoms with Crippen molar-refractivity contribution in [2.45, 2.75) is 6.42 Å². The van der Waals surface area contributed by atoms with Gasteiger partial charge in [0.1, 0.15) is 10.4 Å². The van der Waals surface area contributed by atoms with E-state index >= 15 is 0 Å². The molecule has 17 heavy (non-hydrogen) atoms. The Labute approximate surface area is 108 Å². The van der Waals surface area contributed by atoms with E-state index in [0.29, 0.717) is 35.9 Å². The van der Waals surface area contributed by atoms with Crippen LogP contribution in [0.5, 0.6) is 0 Å². The highest BCUT2D eigenvalue weighted by Crippen LogP contribution is 2.11. The number of nitrogen functional groups attached to an aromatic ring is 1. The van der Waals surface area contributed by atoms with Crippen molar-refractivity contribution < 1.29 is 8.42 Å². The maximum Gasteiger partial charge on any atom is 0.225 e. The maximum atomic E-state index is 10.8. The third-order valence-corrected chi connectivity index (χ3v) is 2.85. The molecule has 0 saturated carbocycles. The van der Waals surface area contributed by atoms with Crippen LogP contribution in [0.15, 0.2) is 10.7 Å². The lowest BCUT2D eigenvalue weighted by atomic mass is 10.4. The van der Waals surface area contributed by atoms with Crippen LogP contribution in [-0.2, 0) is 10.0 Å². The zero-order valence-corrected chi connectivity index (χ0v) is 11.7. The number of aromatic nitrogens is 2. The molecule has 0 aromatic carbocycles. The lowest BCUT2D eigenvalue weighted by molar-refractivity contribution is 0.586. The second-order valence-electron chi connectivity index (χ2n) is 3.39. The first-order chi connectivity index (χ1) is 7.87. The van der Waals surface area contributed by atoms with E-state index in [1.165, 1.54) is 0 Å². The minimum absolute atomic E-state index is 0.364. The van der Waals surface area contributed by atoms with Gasteiger partial charge in [0.05, 0.1) is 6.26 Å². The first-order valence-corrected chi connectivity index (χ1v) is 7.54. The van der Waals surface area contributed by atoms with E-state index in [2.05, 4.69) is 35.9 Å². The number of halogens is 1. The average Bonchev–Trinajstić information content (AvgIpc) is 2.13. The van der Waals surface area contributed by atoms with Gasteiger partial charge in [-0.15, -0.1) is 0 Å². The van der Waals surface area contributed by atoms with Crippen molar-refractivity contribution in [3.8, 4) is 0 Å². The number of anilines is 2. The summed E-state index contributed by atoms with van der Waals surface area (Å²) in [6.45, 7) is 0.924. The summed E-state index contributed by atoms with van der Waals surface area (Å²) < 4.78 is 24.5. The molecule has 7 nitrogen and oxygen atoms in total. The third-order valence-electron chi connectivity index (χ3n) is 1.72. The Morgan fingerprint density at radius 1 is 1.41 bits per heavy atom. The quantitative estimate of drug-likeness (QED) is 0.508. The Balaban J connectivity index is 2.31. The van der Waals surface area contributed by atoms with Gasteiger partial charge in [-0.2, -0.15) is 4.98 Å². The van der Waals surface area contributed by atoms with Gasteiger partial charge in [-0.1, -0.05) is 0 Å².